The molecule has 0 spiro atoms. The molecule has 2 aliphatic rings. The van der Waals surface area contributed by atoms with Crippen LogP contribution < -0.4 is 10.1 Å². The molecule has 0 bridgehead atoms. The molecule has 9 heteroatoms. The molecule has 2 atom stereocenters. The highest BCUT2D eigenvalue weighted by molar-refractivity contribution is 8.00. The fraction of sp³-hybridized carbons (Fsp3) is 0.233. The summed E-state index contributed by atoms with van der Waals surface area (Å²) in [6.07, 6.45) is -0.661. The molecule has 0 radical (unpaired) electrons. The number of carbonyl (C=O) groups excluding carboxylic acids is 3. The number of thioether (sulfide) groups is 1. The van der Waals surface area contributed by atoms with Crippen molar-refractivity contribution in [2.24, 2.45) is 0 Å². The number of benzene rings is 3. The number of fused-ring (bicyclic) bond motifs is 1. The molecule has 3 aromatic carbocycles. The molecule has 0 aromatic heterocycles. The zero-order chi connectivity index (χ0) is 27.2. The van der Waals surface area contributed by atoms with Gasteiger partial charge in [-0.25, -0.2) is 4.79 Å². The van der Waals surface area contributed by atoms with Crippen molar-refractivity contribution in [3.05, 3.63) is 113 Å². The number of hydrogen-bond donors (Lipinski definition) is 1. The van der Waals surface area contributed by atoms with Gasteiger partial charge in [-0.2, -0.15) is 0 Å². The number of para-hydroxylation sites is 1. The summed E-state index contributed by atoms with van der Waals surface area (Å²) < 4.78 is 16.9. The zero-order valence-electron chi connectivity index (χ0n) is 21.3. The van der Waals surface area contributed by atoms with E-state index in [0.717, 1.165) is 11.1 Å². The normalized spacial score (nSPS) is 18.3. The average Bonchev–Trinajstić information content (AvgIpc) is 2.98. The summed E-state index contributed by atoms with van der Waals surface area (Å²) in [5.41, 5.74) is 2.46. The van der Waals surface area contributed by atoms with Gasteiger partial charge < -0.3 is 19.5 Å². The molecular weight excluding hydrogens is 516 g/mol. The third-order valence-corrected chi connectivity index (χ3v) is 7.76. The van der Waals surface area contributed by atoms with Gasteiger partial charge >= 0.3 is 5.97 Å². The van der Waals surface area contributed by atoms with E-state index in [4.69, 9.17) is 14.2 Å². The Morgan fingerprint density at radius 2 is 1.54 bits per heavy atom. The van der Waals surface area contributed by atoms with Crippen molar-refractivity contribution < 1.29 is 28.6 Å². The minimum absolute atomic E-state index is 0.175. The largest absolute Gasteiger partial charge is 0.484 e. The molecule has 1 saturated heterocycles. The monoisotopic (exact) mass is 544 g/mol. The van der Waals surface area contributed by atoms with Crippen molar-refractivity contribution in [3.8, 4) is 5.75 Å². The molecule has 5 rings (SSSR count). The van der Waals surface area contributed by atoms with E-state index < -0.39 is 29.4 Å². The third-order valence-electron chi connectivity index (χ3n) is 6.42. The van der Waals surface area contributed by atoms with Gasteiger partial charge in [0.15, 0.2) is 12.7 Å². The maximum atomic E-state index is 13.7. The SMILES string of the molecule is COCC1=C(C(=O)OC(c2ccccc2)c2ccccc2)N2C(=O)C(NC(=O)COc3ccccc3)[C@H]2SC1. The third kappa shape index (κ3) is 5.84. The molecule has 2 heterocycles. The summed E-state index contributed by atoms with van der Waals surface area (Å²) in [6.45, 7) is -0.0438. The van der Waals surface area contributed by atoms with Crippen LogP contribution in [0.25, 0.3) is 0 Å². The molecule has 8 nitrogen and oxygen atoms in total. The van der Waals surface area contributed by atoms with Crippen molar-refractivity contribution in [1.82, 2.24) is 10.2 Å². The van der Waals surface area contributed by atoms with Crippen LogP contribution in [-0.2, 0) is 23.9 Å². The van der Waals surface area contributed by atoms with Gasteiger partial charge in [0.2, 0.25) is 0 Å². The lowest BCUT2D eigenvalue weighted by Gasteiger charge is -2.49. The van der Waals surface area contributed by atoms with E-state index in [-0.39, 0.29) is 24.8 Å². The van der Waals surface area contributed by atoms with E-state index in [2.05, 4.69) is 5.32 Å². The van der Waals surface area contributed by atoms with E-state index in [1.807, 2.05) is 78.9 Å². The van der Waals surface area contributed by atoms with Crippen molar-refractivity contribution >= 4 is 29.5 Å². The molecule has 1 unspecified atom stereocenters. The number of nitrogens with one attached hydrogen (secondary N) is 1. The standard InChI is InChI=1S/C30H28N2O6S/c1-36-17-22-19-39-29-25(31-24(33)18-37-23-15-9-4-10-16-23)28(34)32(29)26(22)30(35)38-27(20-11-5-2-6-12-20)21-13-7-3-8-14-21/h2-16,25,27,29H,17-19H2,1H3,(H,31,33)/t25?,29-/m1/s1. The predicted molar refractivity (Wildman–Crippen MR) is 147 cm³/mol. The number of esters is 1. The highest BCUT2D eigenvalue weighted by Gasteiger charge is 2.54. The van der Waals surface area contributed by atoms with E-state index in [1.54, 1.807) is 12.1 Å². The maximum Gasteiger partial charge on any atom is 0.356 e. The van der Waals surface area contributed by atoms with Gasteiger partial charge in [0, 0.05) is 12.9 Å². The van der Waals surface area contributed by atoms with Crippen molar-refractivity contribution in [2.45, 2.75) is 17.5 Å². The first-order valence-corrected chi connectivity index (χ1v) is 13.6. The molecule has 39 heavy (non-hydrogen) atoms. The smallest absolute Gasteiger partial charge is 0.356 e. The van der Waals surface area contributed by atoms with Gasteiger partial charge in [-0.3, -0.25) is 14.5 Å². The van der Waals surface area contributed by atoms with E-state index in [1.165, 1.54) is 23.8 Å². The lowest BCUT2D eigenvalue weighted by molar-refractivity contribution is -0.155. The van der Waals surface area contributed by atoms with Crippen LogP contribution in [0.2, 0.25) is 0 Å². The van der Waals surface area contributed by atoms with Crippen LogP contribution in [0.3, 0.4) is 0 Å². The first-order valence-electron chi connectivity index (χ1n) is 12.5. The Morgan fingerprint density at radius 1 is 0.949 bits per heavy atom. The topological polar surface area (TPSA) is 94.2 Å². The van der Waals surface area contributed by atoms with Crippen molar-refractivity contribution in [2.75, 3.05) is 26.1 Å². The highest BCUT2D eigenvalue weighted by Crippen LogP contribution is 2.41. The second kappa shape index (κ2) is 12.2. The van der Waals surface area contributed by atoms with Crippen LogP contribution in [0, 0.1) is 0 Å². The molecule has 2 aliphatic heterocycles. The Labute approximate surface area is 230 Å². The number of ether oxygens (including phenoxy) is 3. The Hall–Kier alpha value is -4.08. The van der Waals surface area contributed by atoms with Crippen molar-refractivity contribution in [3.63, 3.8) is 0 Å². The molecular formula is C30H28N2O6S. The van der Waals surface area contributed by atoms with Crippen molar-refractivity contribution in [1.29, 1.82) is 0 Å². The summed E-state index contributed by atoms with van der Waals surface area (Å²) in [6, 6.07) is 27.1. The van der Waals surface area contributed by atoms with Crippen LogP contribution in [0.15, 0.2) is 102 Å². The Bertz CT molecular complexity index is 1310. The summed E-state index contributed by atoms with van der Waals surface area (Å²) >= 11 is 1.47. The quantitative estimate of drug-likeness (QED) is 0.307. The molecule has 2 amide bonds. The van der Waals surface area contributed by atoms with E-state index in [0.29, 0.717) is 17.1 Å². The second-order valence-electron chi connectivity index (χ2n) is 9.05. The Morgan fingerprint density at radius 3 is 2.13 bits per heavy atom. The van der Waals surface area contributed by atoms with Crippen LogP contribution >= 0.6 is 11.8 Å². The molecule has 0 aliphatic carbocycles. The predicted octanol–water partition coefficient (Wildman–Crippen LogP) is 3.70. The number of amides is 2. The second-order valence-corrected chi connectivity index (χ2v) is 10.2. The van der Waals surface area contributed by atoms with Gasteiger partial charge in [0.05, 0.1) is 6.61 Å². The molecule has 0 saturated carbocycles. The summed E-state index contributed by atoms with van der Waals surface area (Å²) in [5, 5.41) is 2.32. The van der Waals surface area contributed by atoms with E-state index in [9.17, 15) is 14.4 Å². The van der Waals surface area contributed by atoms with Crippen LogP contribution in [0.4, 0.5) is 0 Å². The van der Waals surface area contributed by atoms with Crippen LogP contribution in [0.1, 0.15) is 17.2 Å². The first kappa shape index (κ1) is 26.5. The van der Waals surface area contributed by atoms with Crippen LogP contribution in [-0.4, -0.2) is 60.2 Å². The number of β-lactam (4-membered cyclic amide) rings is 1. The van der Waals surface area contributed by atoms with Crippen LogP contribution in [0.5, 0.6) is 5.75 Å². The zero-order valence-corrected chi connectivity index (χ0v) is 22.1. The molecule has 1 fully saturated rings. The summed E-state index contributed by atoms with van der Waals surface area (Å²) in [7, 11) is 1.54. The van der Waals surface area contributed by atoms with Gasteiger partial charge in [0.1, 0.15) is 22.9 Å². The minimum atomic E-state index is -0.771. The van der Waals surface area contributed by atoms with Gasteiger partial charge in [0.25, 0.3) is 11.8 Å². The lowest BCUT2D eigenvalue weighted by atomic mass is 10.0. The average molecular weight is 545 g/mol. The first-order chi connectivity index (χ1) is 19.1. The molecule has 1 N–H and O–H groups in total. The van der Waals surface area contributed by atoms with E-state index >= 15 is 0 Å². The molecule has 200 valence electrons. The lowest BCUT2D eigenvalue weighted by Crippen LogP contribution is -2.71. The van der Waals surface area contributed by atoms with Gasteiger partial charge in [-0.1, -0.05) is 78.9 Å². The Balaban J connectivity index is 1.33. The Kier molecular flexibility index (Phi) is 8.29. The minimum Gasteiger partial charge on any atom is -0.484 e. The van der Waals surface area contributed by atoms with Gasteiger partial charge in [-0.15, -0.1) is 11.8 Å². The van der Waals surface area contributed by atoms with Gasteiger partial charge in [-0.05, 0) is 28.8 Å². The fourth-order valence-electron chi connectivity index (χ4n) is 4.58. The maximum absolute atomic E-state index is 13.7. The highest BCUT2D eigenvalue weighted by atomic mass is 32.2. The number of rotatable bonds is 10. The summed E-state index contributed by atoms with van der Waals surface area (Å²) in [5.74, 6) is -0.389. The summed E-state index contributed by atoms with van der Waals surface area (Å²) in [4.78, 5) is 40.9. The number of hydrogen-bond acceptors (Lipinski definition) is 7. The fourth-order valence-corrected chi connectivity index (χ4v) is 5.91. The number of carbonyl (C=O) groups is 3. The number of nitrogens with zero attached hydrogens (tertiary/aromatic N) is 1. The number of methoxy groups -OCH3 is 1. The molecule has 3 aromatic rings.